The summed E-state index contributed by atoms with van der Waals surface area (Å²) in [5, 5.41) is 13.3. The Balaban J connectivity index is 1.54. The molecule has 0 aromatic heterocycles. The van der Waals surface area contributed by atoms with Crippen LogP contribution in [0, 0.1) is 0 Å². The van der Waals surface area contributed by atoms with Gasteiger partial charge in [0.15, 0.2) is 5.17 Å². The maximum Gasteiger partial charge on any atom is 0.240 e. The van der Waals surface area contributed by atoms with E-state index in [0.29, 0.717) is 10.9 Å². The first-order chi connectivity index (χ1) is 12.2. The SMILES string of the molecule is O=C(C[C@@H]1S/C(=N/N=C\c2ccccc2)NC1=O)Nc1ccccc1. The van der Waals surface area contributed by atoms with Gasteiger partial charge in [-0.2, -0.15) is 5.10 Å². The van der Waals surface area contributed by atoms with E-state index in [1.54, 1.807) is 18.3 Å². The first-order valence-electron chi connectivity index (χ1n) is 7.69. The average Bonchev–Trinajstić information content (AvgIpc) is 2.96. The largest absolute Gasteiger partial charge is 0.326 e. The highest BCUT2D eigenvalue weighted by Crippen LogP contribution is 2.23. The van der Waals surface area contributed by atoms with Crippen molar-refractivity contribution in [2.24, 2.45) is 10.2 Å². The monoisotopic (exact) mass is 352 g/mol. The molecule has 0 saturated carbocycles. The van der Waals surface area contributed by atoms with Gasteiger partial charge in [-0.25, -0.2) is 0 Å². The maximum absolute atomic E-state index is 12.0. The summed E-state index contributed by atoms with van der Waals surface area (Å²) < 4.78 is 0. The van der Waals surface area contributed by atoms with Crippen LogP contribution in [-0.2, 0) is 9.59 Å². The molecule has 1 aliphatic heterocycles. The first-order valence-corrected chi connectivity index (χ1v) is 8.57. The van der Waals surface area contributed by atoms with Crippen LogP contribution >= 0.6 is 11.8 Å². The van der Waals surface area contributed by atoms with Crippen molar-refractivity contribution < 1.29 is 9.59 Å². The van der Waals surface area contributed by atoms with Gasteiger partial charge in [0.05, 0.1) is 6.21 Å². The molecule has 2 N–H and O–H groups in total. The summed E-state index contributed by atoms with van der Waals surface area (Å²) in [5.41, 5.74) is 1.62. The van der Waals surface area contributed by atoms with Crippen molar-refractivity contribution in [1.82, 2.24) is 5.32 Å². The molecule has 1 fully saturated rings. The van der Waals surface area contributed by atoms with Crippen LogP contribution in [0.2, 0.25) is 0 Å². The van der Waals surface area contributed by atoms with E-state index in [2.05, 4.69) is 20.8 Å². The fourth-order valence-corrected chi connectivity index (χ4v) is 3.10. The third kappa shape index (κ3) is 5.02. The number of nitrogens with one attached hydrogen (secondary N) is 2. The molecule has 25 heavy (non-hydrogen) atoms. The van der Waals surface area contributed by atoms with Crippen molar-refractivity contribution in [3.63, 3.8) is 0 Å². The summed E-state index contributed by atoms with van der Waals surface area (Å²) in [6.07, 6.45) is 1.68. The standard InChI is InChI=1S/C18H16N4O2S/c23-16(20-14-9-5-2-6-10-14)11-15-17(24)21-18(25-15)22-19-12-13-7-3-1-4-8-13/h1-10,12,15H,11H2,(H,20,23)(H,21,22,24)/b19-12-/t15-/m0/s1. The van der Waals surface area contributed by atoms with Gasteiger partial charge in [-0.05, 0) is 17.7 Å². The average molecular weight is 352 g/mol. The van der Waals surface area contributed by atoms with Crippen LogP contribution in [0.25, 0.3) is 0 Å². The van der Waals surface area contributed by atoms with Crippen molar-refractivity contribution in [1.29, 1.82) is 0 Å². The Morgan fingerprint density at radius 2 is 1.80 bits per heavy atom. The number of amides is 2. The highest BCUT2D eigenvalue weighted by atomic mass is 32.2. The van der Waals surface area contributed by atoms with Gasteiger partial charge in [-0.3, -0.25) is 9.59 Å². The molecule has 0 unspecified atom stereocenters. The predicted octanol–water partition coefficient (Wildman–Crippen LogP) is 2.64. The molecule has 0 spiro atoms. The predicted molar refractivity (Wildman–Crippen MR) is 101 cm³/mol. The second-order valence-electron chi connectivity index (χ2n) is 5.27. The normalized spacial score (nSPS) is 18.5. The van der Waals surface area contributed by atoms with E-state index >= 15 is 0 Å². The summed E-state index contributed by atoms with van der Waals surface area (Å²) in [6.45, 7) is 0. The number of hydrogen-bond acceptors (Lipinski definition) is 5. The Morgan fingerprint density at radius 1 is 1.12 bits per heavy atom. The summed E-state index contributed by atoms with van der Waals surface area (Å²) in [7, 11) is 0. The highest BCUT2D eigenvalue weighted by molar-refractivity contribution is 8.15. The van der Waals surface area contributed by atoms with Crippen molar-refractivity contribution in [3.05, 3.63) is 66.2 Å². The van der Waals surface area contributed by atoms with Crippen LogP contribution in [-0.4, -0.2) is 28.4 Å². The van der Waals surface area contributed by atoms with Crippen molar-refractivity contribution in [2.45, 2.75) is 11.7 Å². The number of thioether (sulfide) groups is 1. The van der Waals surface area contributed by atoms with E-state index < -0.39 is 5.25 Å². The van der Waals surface area contributed by atoms with Crippen LogP contribution in [0.1, 0.15) is 12.0 Å². The molecule has 1 aliphatic rings. The first kappa shape index (κ1) is 16.9. The molecule has 0 aliphatic carbocycles. The van der Waals surface area contributed by atoms with Crippen LogP contribution < -0.4 is 10.6 Å². The van der Waals surface area contributed by atoms with E-state index in [4.69, 9.17) is 0 Å². The van der Waals surface area contributed by atoms with Crippen molar-refractivity contribution >= 4 is 40.6 Å². The number of rotatable bonds is 5. The number of carbonyl (C=O) groups excluding carboxylic acids is 2. The summed E-state index contributed by atoms with van der Waals surface area (Å²) >= 11 is 1.21. The molecular weight excluding hydrogens is 336 g/mol. The Hall–Kier alpha value is -2.93. The summed E-state index contributed by atoms with van der Waals surface area (Å²) in [6, 6.07) is 18.7. The second-order valence-corrected chi connectivity index (χ2v) is 6.47. The number of amidine groups is 1. The third-order valence-corrected chi connectivity index (χ3v) is 4.43. The lowest BCUT2D eigenvalue weighted by Gasteiger charge is -2.06. The molecule has 7 heteroatoms. The van der Waals surface area contributed by atoms with Crippen LogP contribution in [0.4, 0.5) is 5.69 Å². The van der Waals surface area contributed by atoms with Gasteiger partial charge >= 0.3 is 0 Å². The number of para-hydroxylation sites is 1. The van der Waals surface area contributed by atoms with Gasteiger partial charge in [0, 0.05) is 12.1 Å². The van der Waals surface area contributed by atoms with Crippen LogP contribution in [0.15, 0.2) is 70.9 Å². The lowest BCUT2D eigenvalue weighted by atomic mass is 10.2. The quantitative estimate of drug-likeness (QED) is 0.641. The highest BCUT2D eigenvalue weighted by Gasteiger charge is 2.32. The number of hydrogen-bond donors (Lipinski definition) is 2. The minimum absolute atomic E-state index is 0.0762. The smallest absolute Gasteiger partial charge is 0.240 e. The third-order valence-electron chi connectivity index (χ3n) is 3.36. The van der Waals surface area contributed by atoms with Gasteiger partial charge in [-0.15, -0.1) is 5.10 Å². The molecule has 1 atom stereocenters. The molecule has 0 bridgehead atoms. The van der Waals surface area contributed by atoms with E-state index in [1.807, 2.05) is 48.5 Å². The fourth-order valence-electron chi connectivity index (χ4n) is 2.18. The van der Waals surface area contributed by atoms with Crippen LogP contribution in [0.3, 0.4) is 0 Å². The summed E-state index contributed by atoms with van der Waals surface area (Å²) in [5.74, 6) is -0.449. The van der Waals surface area contributed by atoms with E-state index in [-0.39, 0.29) is 18.2 Å². The van der Waals surface area contributed by atoms with Gasteiger partial charge in [0.1, 0.15) is 5.25 Å². The van der Waals surface area contributed by atoms with Crippen molar-refractivity contribution in [3.8, 4) is 0 Å². The van der Waals surface area contributed by atoms with Gasteiger partial charge in [0.25, 0.3) is 0 Å². The topological polar surface area (TPSA) is 82.9 Å². The zero-order valence-electron chi connectivity index (χ0n) is 13.3. The Bertz CT molecular complexity index is 806. The Labute approximate surface area is 149 Å². The second kappa shape index (κ2) is 8.25. The molecule has 3 rings (SSSR count). The van der Waals surface area contributed by atoms with Crippen molar-refractivity contribution in [2.75, 3.05) is 5.32 Å². The maximum atomic E-state index is 12.0. The Kier molecular flexibility index (Phi) is 5.58. The molecule has 2 aromatic carbocycles. The van der Waals surface area contributed by atoms with E-state index in [1.165, 1.54) is 11.8 Å². The Morgan fingerprint density at radius 3 is 2.52 bits per heavy atom. The minimum Gasteiger partial charge on any atom is -0.326 e. The van der Waals surface area contributed by atoms with E-state index in [0.717, 1.165) is 5.56 Å². The summed E-state index contributed by atoms with van der Waals surface area (Å²) in [4.78, 5) is 24.0. The molecule has 6 nitrogen and oxygen atoms in total. The van der Waals surface area contributed by atoms with Gasteiger partial charge in [-0.1, -0.05) is 60.3 Å². The van der Waals surface area contributed by atoms with Gasteiger partial charge in [0.2, 0.25) is 11.8 Å². The van der Waals surface area contributed by atoms with Gasteiger partial charge < -0.3 is 10.6 Å². The lowest BCUT2D eigenvalue weighted by Crippen LogP contribution is -2.28. The number of anilines is 1. The molecule has 1 heterocycles. The zero-order valence-corrected chi connectivity index (χ0v) is 14.1. The molecule has 0 radical (unpaired) electrons. The van der Waals surface area contributed by atoms with Crippen LogP contribution in [0.5, 0.6) is 0 Å². The number of carbonyl (C=O) groups is 2. The molecular formula is C18H16N4O2S. The lowest BCUT2D eigenvalue weighted by molar-refractivity contribution is -0.122. The van der Waals surface area contributed by atoms with E-state index in [9.17, 15) is 9.59 Å². The molecule has 2 amide bonds. The fraction of sp³-hybridized carbons (Fsp3) is 0.111. The molecule has 1 saturated heterocycles. The minimum atomic E-state index is -0.505. The number of nitrogens with zero attached hydrogens (tertiary/aromatic N) is 2. The molecule has 2 aromatic rings. The molecule has 126 valence electrons. The zero-order chi connectivity index (χ0) is 17.5. The number of benzene rings is 2.